The fraction of sp³-hybridized carbons (Fsp3) is 0.632. The SMILES string of the molecule is CCN1CCN(c2ccc(C(=O)NC(C)(CN)C(C)C)cc2F)CC1. The van der Waals surface area contributed by atoms with Crippen molar-refractivity contribution in [3.63, 3.8) is 0 Å². The predicted molar refractivity (Wildman–Crippen MR) is 100 cm³/mol. The van der Waals surface area contributed by atoms with Crippen molar-refractivity contribution in [3.8, 4) is 0 Å². The van der Waals surface area contributed by atoms with E-state index in [1.165, 1.54) is 6.07 Å². The van der Waals surface area contributed by atoms with Crippen LogP contribution in [0.15, 0.2) is 18.2 Å². The van der Waals surface area contributed by atoms with Crippen LogP contribution in [0.2, 0.25) is 0 Å². The van der Waals surface area contributed by atoms with Crippen molar-refractivity contribution in [3.05, 3.63) is 29.6 Å². The fourth-order valence-corrected chi connectivity index (χ4v) is 2.97. The number of nitrogens with two attached hydrogens (primary N) is 1. The first kappa shape index (κ1) is 19.7. The molecule has 0 aromatic heterocycles. The standard InChI is InChI=1S/C19H31FN4O/c1-5-23-8-10-24(11-9-23)17-7-6-15(12-16(17)20)18(25)22-19(4,13-21)14(2)3/h6-7,12,14H,5,8-11,13,21H2,1-4H3,(H,22,25). The molecule has 5 nitrogen and oxygen atoms in total. The Bertz CT molecular complexity index is 599. The maximum atomic E-state index is 14.6. The van der Waals surface area contributed by atoms with Crippen LogP contribution < -0.4 is 16.0 Å². The minimum absolute atomic E-state index is 0.181. The van der Waals surface area contributed by atoms with Crippen molar-refractivity contribution in [2.45, 2.75) is 33.2 Å². The molecule has 1 aliphatic heterocycles. The van der Waals surface area contributed by atoms with E-state index >= 15 is 0 Å². The Morgan fingerprint density at radius 1 is 1.32 bits per heavy atom. The molecule has 140 valence electrons. The number of amides is 1. The largest absolute Gasteiger partial charge is 0.367 e. The summed E-state index contributed by atoms with van der Waals surface area (Å²) in [5.74, 6) is -0.458. The molecule has 3 N–H and O–H groups in total. The van der Waals surface area contributed by atoms with Gasteiger partial charge in [0.2, 0.25) is 0 Å². The van der Waals surface area contributed by atoms with Crippen molar-refractivity contribution < 1.29 is 9.18 Å². The van der Waals surface area contributed by atoms with Crippen LogP contribution in [0, 0.1) is 11.7 Å². The smallest absolute Gasteiger partial charge is 0.251 e. The monoisotopic (exact) mass is 350 g/mol. The van der Waals surface area contributed by atoms with Gasteiger partial charge in [-0.25, -0.2) is 4.39 Å². The molecule has 1 unspecified atom stereocenters. The molecule has 1 aromatic rings. The molecule has 1 aliphatic rings. The van der Waals surface area contributed by atoms with Gasteiger partial charge in [0, 0.05) is 38.3 Å². The molecule has 0 aliphatic carbocycles. The Morgan fingerprint density at radius 3 is 2.44 bits per heavy atom. The van der Waals surface area contributed by atoms with Crippen LogP contribution in [0.5, 0.6) is 0 Å². The third kappa shape index (κ3) is 4.50. The summed E-state index contributed by atoms with van der Waals surface area (Å²) in [7, 11) is 0. The molecule has 6 heteroatoms. The maximum absolute atomic E-state index is 14.6. The second-order valence-corrected chi connectivity index (χ2v) is 7.32. The quantitative estimate of drug-likeness (QED) is 0.825. The lowest BCUT2D eigenvalue weighted by Gasteiger charge is -2.36. The number of nitrogens with zero attached hydrogens (tertiary/aromatic N) is 2. The van der Waals surface area contributed by atoms with Crippen LogP contribution >= 0.6 is 0 Å². The van der Waals surface area contributed by atoms with Gasteiger partial charge in [-0.2, -0.15) is 0 Å². The first-order valence-electron chi connectivity index (χ1n) is 9.10. The third-order valence-corrected chi connectivity index (χ3v) is 5.47. The molecule has 1 aromatic carbocycles. The van der Waals surface area contributed by atoms with Crippen molar-refractivity contribution in [2.75, 3.05) is 44.2 Å². The van der Waals surface area contributed by atoms with Crippen LogP contribution in [-0.4, -0.2) is 55.6 Å². The zero-order valence-corrected chi connectivity index (χ0v) is 15.8. The van der Waals surface area contributed by atoms with Gasteiger partial charge in [0.05, 0.1) is 11.2 Å². The Balaban J connectivity index is 2.10. The minimum Gasteiger partial charge on any atom is -0.367 e. The van der Waals surface area contributed by atoms with Gasteiger partial charge in [-0.1, -0.05) is 20.8 Å². The van der Waals surface area contributed by atoms with Gasteiger partial charge in [0.15, 0.2) is 0 Å². The fourth-order valence-electron chi connectivity index (χ4n) is 2.97. The van der Waals surface area contributed by atoms with Gasteiger partial charge in [-0.05, 0) is 37.6 Å². The zero-order chi connectivity index (χ0) is 18.6. The predicted octanol–water partition coefficient (Wildman–Crippen LogP) is 2.07. The molecule has 1 atom stereocenters. The van der Waals surface area contributed by atoms with Gasteiger partial charge in [0.1, 0.15) is 5.82 Å². The Hall–Kier alpha value is -1.66. The second kappa shape index (κ2) is 8.15. The molecular weight excluding hydrogens is 319 g/mol. The van der Waals surface area contributed by atoms with Crippen LogP contribution in [0.3, 0.4) is 0 Å². The van der Waals surface area contributed by atoms with E-state index in [0.29, 0.717) is 17.8 Å². The number of carbonyl (C=O) groups excluding carboxylic acids is 1. The van der Waals surface area contributed by atoms with Gasteiger partial charge >= 0.3 is 0 Å². The summed E-state index contributed by atoms with van der Waals surface area (Å²) in [4.78, 5) is 16.9. The average molecular weight is 350 g/mol. The number of hydrogen-bond donors (Lipinski definition) is 2. The molecule has 1 saturated heterocycles. The van der Waals surface area contributed by atoms with E-state index in [2.05, 4.69) is 17.1 Å². The highest BCUT2D eigenvalue weighted by Gasteiger charge is 2.29. The average Bonchev–Trinajstić information content (AvgIpc) is 2.61. The molecular formula is C19H31FN4O. The molecule has 0 saturated carbocycles. The molecule has 1 amide bonds. The third-order valence-electron chi connectivity index (χ3n) is 5.47. The van der Waals surface area contributed by atoms with E-state index in [4.69, 9.17) is 5.73 Å². The number of halogens is 1. The van der Waals surface area contributed by atoms with E-state index in [9.17, 15) is 9.18 Å². The van der Waals surface area contributed by atoms with Crippen molar-refractivity contribution in [1.82, 2.24) is 10.2 Å². The highest BCUT2D eigenvalue weighted by molar-refractivity contribution is 5.95. The first-order valence-corrected chi connectivity index (χ1v) is 9.10. The van der Waals surface area contributed by atoms with Crippen LogP contribution in [0.25, 0.3) is 0 Å². The number of carbonyl (C=O) groups is 1. The van der Waals surface area contributed by atoms with Gasteiger partial charge in [-0.3, -0.25) is 4.79 Å². The molecule has 2 rings (SSSR count). The molecule has 1 heterocycles. The maximum Gasteiger partial charge on any atom is 0.251 e. The summed E-state index contributed by atoms with van der Waals surface area (Å²) in [6.07, 6.45) is 0. The number of rotatable bonds is 6. The summed E-state index contributed by atoms with van der Waals surface area (Å²) >= 11 is 0. The van der Waals surface area contributed by atoms with Crippen molar-refractivity contribution in [1.29, 1.82) is 0 Å². The number of nitrogens with one attached hydrogen (secondary N) is 1. The number of hydrogen-bond acceptors (Lipinski definition) is 4. The van der Waals surface area contributed by atoms with Gasteiger partial charge in [-0.15, -0.1) is 0 Å². The second-order valence-electron chi connectivity index (χ2n) is 7.32. The highest BCUT2D eigenvalue weighted by Crippen LogP contribution is 2.23. The Labute approximate surface area is 150 Å². The molecule has 0 radical (unpaired) electrons. The van der Waals surface area contributed by atoms with Crippen LogP contribution in [-0.2, 0) is 0 Å². The lowest BCUT2D eigenvalue weighted by Crippen LogP contribution is -2.55. The summed E-state index contributed by atoms with van der Waals surface area (Å²) in [5, 5.41) is 2.95. The Morgan fingerprint density at radius 2 is 1.96 bits per heavy atom. The lowest BCUT2D eigenvalue weighted by atomic mass is 9.88. The van der Waals surface area contributed by atoms with Crippen LogP contribution in [0.1, 0.15) is 38.1 Å². The highest BCUT2D eigenvalue weighted by atomic mass is 19.1. The lowest BCUT2D eigenvalue weighted by molar-refractivity contribution is 0.0883. The van der Waals surface area contributed by atoms with E-state index < -0.39 is 5.54 Å². The summed E-state index contributed by atoms with van der Waals surface area (Å²) in [5.41, 5.74) is 6.19. The zero-order valence-electron chi connectivity index (χ0n) is 15.8. The van der Waals surface area contributed by atoms with E-state index in [-0.39, 0.29) is 17.6 Å². The summed E-state index contributed by atoms with van der Waals surface area (Å²) in [6.45, 7) is 12.9. The van der Waals surface area contributed by atoms with Crippen molar-refractivity contribution in [2.24, 2.45) is 11.7 Å². The van der Waals surface area contributed by atoms with E-state index in [0.717, 1.165) is 32.7 Å². The number of benzene rings is 1. The topological polar surface area (TPSA) is 61.6 Å². The molecule has 1 fully saturated rings. The normalized spacial score (nSPS) is 18.3. The number of likely N-dealkylation sites (N-methyl/N-ethyl adjacent to an activating group) is 1. The summed E-state index contributed by atoms with van der Waals surface area (Å²) in [6, 6.07) is 4.73. The van der Waals surface area contributed by atoms with Crippen molar-refractivity contribution >= 4 is 11.6 Å². The van der Waals surface area contributed by atoms with E-state index in [1.807, 2.05) is 25.7 Å². The Kier molecular flexibility index (Phi) is 6.41. The van der Waals surface area contributed by atoms with Crippen LogP contribution in [0.4, 0.5) is 10.1 Å². The molecule has 0 spiro atoms. The van der Waals surface area contributed by atoms with E-state index in [1.54, 1.807) is 12.1 Å². The first-order chi connectivity index (χ1) is 11.8. The number of piperazine rings is 1. The molecule has 25 heavy (non-hydrogen) atoms. The number of anilines is 1. The molecule has 0 bridgehead atoms. The van der Waals surface area contributed by atoms with Gasteiger partial charge < -0.3 is 20.9 Å². The summed E-state index contributed by atoms with van der Waals surface area (Å²) < 4.78 is 14.6. The van der Waals surface area contributed by atoms with Gasteiger partial charge in [0.25, 0.3) is 5.91 Å². The minimum atomic E-state index is -0.511.